The quantitative estimate of drug-likeness (QED) is 0.700. The number of aromatic carboxylic acids is 1. The largest absolute Gasteiger partial charge is 0.870 e. The van der Waals surface area contributed by atoms with Crippen LogP contribution in [-0.2, 0) is 0 Å². The summed E-state index contributed by atoms with van der Waals surface area (Å²) in [5.41, 5.74) is -2.19. The molecule has 0 heterocycles. The van der Waals surface area contributed by atoms with Crippen molar-refractivity contribution in [3.8, 4) is 5.75 Å². The van der Waals surface area contributed by atoms with Crippen molar-refractivity contribution in [3.05, 3.63) is 28.6 Å². The van der Waals surface area contributed by atoms with Gasteiger partial charge in [-0.3, -0.25) is 0 Å². The Balaban J connectivity index is 3.68. The first kappa shape index (κ1) is 10.4. The summed E-state index contributed by atoms with van der Waals surface area (Å²) in [4.78, 5) is 10.3. The summed E-state index contributed by atoms with van der Waals surface area (Å²) in [6.07, 6.45) is 0. The molecule has 1 aromatic rings. The molecule has 3 nitrogen and oxygen atoms in total. The van der Waals surface area contributed by atoms with Crippen molar-refractivity contribution >= 4 is 5.97 Å². The molecule has 1 rings (SSSR count). The van der Waals surface area contributed by atoms with E-state index in [1.807, 2.05) is 0 Å². The lowest BCUT2D eigenvalue weighted by molar-refractivity contribution is -0.273. The Morgan fingerprint density at radius 1 is 1.21 bits per heavy atom. The van der Waals surface area contributed by atoms with Crippen LogP contribution in [0.15, 0.2) is 0 Å². The molecule has 0 saturated heterocycles. The fourth-order valence-electron chi connectivity index (χ4n) is 0.949. The molecule has 0 atom stereocenters. The van der Waals surface area contributed by atoms with Gasteiger partial charge in [0.2, 0.25) is 0 Å². The first-order chi connectivity index (χ1) is 6.37. The van der Waals surface area contributed by atoms with Gasteiger partial charge in [0.05, 0.1) is 5.56 Å². The van der Waals surface area contributed by atoms with Gasteiger partial charge in [-0.05, 0) is 6.92 Å². The van der Waals surface area contributed by atoms with Gasteiger partial charge >= 0.3 is 5.97 Å². The average Bonchev–Trinajstić information content (AvgIpc) is 2.11. The number of carboxylic acids is 1. The minimum Gasteiger partial charge on any atom is -0.870 e. The lowest BCUT2D eigenvalue weighted by atomic mass is 10.1. The Hall–Kier alpha value is -1.72. The lowest BCUT2D eigenvalue weighted by Gasteiger charge is -2.14. The maximum atomic E-state index is 13.0. The van der Waals surface area contributed by atoms with Crippen LogP contribution in [0.5, 0.6) is 5.75 Å². The molecule has 0 spiro atoms. The van der Waals surface area contributed by atoms with Crippen molar-refractivity contribution in [2.24, 2.45) is 0 Å². The molecule has 0 aliphatic carbocycles. The van der Waals surface area contributed by atoms with E-state index in [1.54, 1.807) is 0 Å². The SMILES string of the molecule is Cc1c(F)c(F)c([O-])c(C(=O)O)c1F. The van der Waals surface area contributed by atoms with E-state index in [1.165, 1.54) is 0 Å². The molecule has 76 valence electrons. The van der Waals surface area contributed by atoms with Gasteiger partial charge in [0, 0.05) is 5.56 Å². The lowest BCUT2D eigenvalue weighted by Crippen LogP contribution is -2.12. The van der Waals surface area contributed by atoms with Crippen molar-refractivity contribution < 1.29 is 28.2 Å². The molecule has 0 saturated carbocycles. The van der Waals surface area contributed by atoms with Gasteiger partial charge in [-0.15, -0.1) is 0 Å². The van der Waals surface area contributed by atoms with Crippen LogP contribution in [0.3, 0.4) is 0 Å². The van der Waals surface area contributed by atoms with Gasteiger partial charge in [-0.25, -0.2) is 18.0 Å². The second kappa shape index (κ2) is 3.21. The molecule has 1 aromatic carbocycles. The minimum atomic E-state index is -1.92. The highest BCUT2D eigenvalue weighted by Gasteiger charge is 2.21. The van der Waals surface area contributed by atoms with Crippen LogP contribution < -0.4 is 5.11 Å². The topological polar surface area (TPSA) is 60.4 Å². The summed E-state index contributed by atoms with van der Waals surface area (Å²) in [6, 6.07) is 0. The fourth-order valence-corrected chi connectivity index (χ4v) is 0.949. The Morgan fingerprint density at radius 3 is 2.14 bits per heavy atom. The van der Waals surface area contributed by atoms with Crippen LogP contribution in [-0.4, -0.2) is 11.1 Å². The van der Waals surface area contributed by atoms with E-state index in [0.29, 0.717) is 0 Å². The number of benzene rings is 1. The molecule has 0 aliphatic heterocycles. The number of hydrogen-bond donors (Lipinski definition) is 1. The van der Waals surface area contributed by atoms with E-state index < -0.39 is 40.3 Å². The van der Waals surface area contributed by atoms with Crippen molar-refractivity contribution in [1.82, 2.24) is 0 Å². The van der Waals surface area contributed by atoms with Crippen molar-refractivity contribution in [1.29, 1.82) is 0 Å². The van der Waals surface area contributed by atoms with Crippen molar-refractivity contribution in [2.45, 2.75) is 6.92 Å². The first-order valence-electron chi connectivity index (χ1n) is 3.45. The summed E-state index contributed by atoms with van der Waals surface area (Å²) in [5, 5.41) is 19.1. The summed E-state index contributed by atoms with van der Waals surface area (Å²) < 4.78 is 38.3. The second-order valence-electron chi connectivity index (χ2n) is 2.58. The third-order valence-electron chi connectivity index (χ3n) is 1.71. The Morgan fingerprint density at radius 2 is 1.71 bits per heavy atom. The van der Waals surface area contributed by atoms with Crippen LogP contribution in [0.1, 0.15) is 15.9 Å². The average molecular weight is 205 g/mol. The number of carboxylic acid groups (broad SMARTS) is 1. The molecular formula is C8H4F3O3-. The van der Waals surface area contributed by atoms with E-state index in [0.717, 1.165) is 6.92 Å². The fraction of sp³-hybridized carbons (Fsp3) is 0.125. The van der Waals surface area contributed by atoms with Gasteiger partial charge in [0.25, 0.3) is 0 Å². The molecule has 0 bridgehead atoms. The van der Waals surface area contributed by atoms with E-state index in [4.69, 9.17) is 5.11 Å². The smallest absolute Gasteiger partial charge is 0.338 e. The molecule has 1 N–H and O–H groups in total. The van der Waals surface area contributed by atoms with Crippen LogP contribution in [0.4, 0.5) is 13.2 Å². The van der Waals surface area contributed by atoms with E-state index in [9.17, 15) is 23.1 Å². The van der Waals surface area contributed by atoms with Gasteiger partial charge in [0.15, 0.2) is 11.6 Å². The molecule has 0 unspecified atom stereocenters. The number of hydrogen-bond acceptors (Lipinski definition) is 2. The molecule has 0 radical (unpaired) electrons. The predicted octanol–water partition coefficient (Wildman–Crippen LogP) is 1.18. The third kappa shape index (κ3) is 1.28. The molecule has 14 heavy (non-hydrogen) atoms. The predicted molar refractivity (Wildman–Crippen MR) is 37.5 cm³/mol. The zero-order valence-corrected chi connectivity index (χ0v) is 6.90. The number of rotatable bonds is 1. The van der Waals surface area contributed by atoms with Crippen LogP contribution in [0.2, 0.25) is 0 Å². The van der Waals surface area contributed by atoms with Crippen molar-refractivity contribution in [3.63, 3.8) is 0 Å². The zero-order chi connectivity index (χ0) is 11.0. The molecular weight excluding hydrogens is 201 g/mol. The van der Waals surface area contributed by atoms with Gasteiger partial charge in [0.1, 0.15) is 5.82 Å². The molecule has 0 aromatic heterocycles. The number of halogens is 3. The van der Waals surface area contributed by atoms with Crippen LogP contribution in [0, 0.1) is 24.4 Å². The van der Waals surface area contributed by atoms with Crippen LogP contribution >= 0.6 is 0 Å². The Labute approximate surface area is 76.4 Å². The molecule has 6 heteroatoms. The highest BCUT2D eigenvalue weighted by Crippen LogP contribution is 2.27. The van der Waals surface area contributed by atoms with Crippen LogP contribution in [0.25, 0.3) is 0 Å². The summed E-state index contributed by atoms with van der Waals surface area (Å²) in [6.45, 7) is 0.847. The standard InChI is InChI=1S/C8H5F3O3/c1-2-4(9)3(8(13)14)7(12)6(11)5(2)10/h12H,1H3,(H,13,14)/p-1. The molecule has 0 aliphatic rings. The van der Waals surface area contributed by atoms with Gasteiger partial charge < -0.3 is 10.2 Å². The summed E-state index contributed by atoms with van der Waals surface area (Å²) >= 11 is 0. The number of carbonyl (C=O) groups is 1. The normalized spacial score (nSPS) is 10.3. The zero-order valence-electron chi connectivity index (χ0n) is 6.90. The maximum absolute atomic E-state index is 13.0. The van der Waals surface area contributed by atoms with E-state index in [-0.39, 0.29) is 0 Å². The van der Waals surface area contributed by atoms with Gasteiger partial charge in [-0.2, -0.15) is 0 Å². The monoisotopic (exact) mass is 205 g/mol. The Bertz CT molecular complexity index is 386. The minimum absolute atomic E-state index is 0.820. The second-order valence-corrected chi connectivity index (χ2v) is 2.58. The summed E-state index contributed by atoms with van der Waals surface area (Å²) in [5.74, 6) is -8.77. The Kier molecular flexibility index (Phi) is 2.37. The summed E-state index contributed by atoms with van der Waals surface area (Å²) in [7, 11) is 0. The van der Waals surface area contributed by atoms with Crippen molar-refractivity contribution in [2.75, 3.05) is 0 Å². The first-order valence-corrected chi connectivity index (χ1v) is 3.45. The molecule has 0 amide bonds. The highest BCUT2D eigenvalue weighted by atomic mass is 19.2. The van der Waals surface area contributed by atoms with Gasteiger partial charge in [-0.1, -0.05) is 5.75 Å². The third-order valence-corrected chi connectivity index (χ3v) is 1.71. The van der Waals surface area contributed by atoms with E-state index in [2.05, 4.69) is 0 Å². The maximum Gasteiger partial charge on any atom is 0.338 e. The molecule has 0 fully saturated rings. The van der Waals surface area contributed by atoms with E-state index >= 15 is 0 Å². The highest BCUT2D eigenvalue weighted by molar-refractivity contribution is 5.91.